The van der Waals surface area contributed by atoms with Crippen LogP contribution in [0.5, 0.6) is 0 Å². The van der Waals surface area contributed by atoms with Crippen molar-refractivity contribution in [1.82, 2.24) is 0 Å². The minimum Gasteiger partial charge on any atom is -0.322 e. The second-order valence-electron chi connectivity index (χ2n) is 4.12. The van der Waals surface area contributed by atoms with Crippen LogP contribution in [-0.2, 0) is 6.18 Å². The summed E-state index contributed by atoms with van der Waals surface area (Å²) in [5.74, 6) is -0.411. The summed E-state index contributed by atoms with van der Waals surface area (Å²) in [6, 6.07) is 4.97. The Morgan fingerprint density at radius 3 is 2.55 bits per heavy atom. The number of carbonyl (C=O) groups is 1. The summed E-state index contributed by atoms with van der Waals surface area (Å²) < 4.78 is 38.9. The molecule has 20 heavy (non-hydrogen) atoms. The summed E-state index contributed by atoms with van der Waals surface area (Å²) in [5, 5.41) is 4.18. The molecule has 0 unspecified atom stereocenters. The number of carbonyl (C=O) groups excluding carboxylic acids is 1. The van der Waals surface area contributed by atoms with Gasteiger partial charge in [0.15, 0.2) is 0 Å². The number of amides is 1. The van der Waals surface area contributed by atoms with Crippen LogP contribution < -0.4 is 5.32 Å². The third-order valence-corrected chi connectivity index (χ3v) is 4.43. The van der Waals surface area contributed by atoms with Crippen LogP contribution in [0.1, 0.15) is 21.5 Å². The van der Waals surface area contributed by atoms with E-state index in [1.807, 2.05) is 0 Å². The van der Waals surface area contributed by atoms with Gasteiger partial charge < -0.3 is 5.32 Å². The maximum atomic E-state index is 12.7. The summed E-state index contributed by atoms with van der Waals surface area (Å²) >= 11 is 3.48. The first-order valence-electron chi connectivity index (χ1n) is 5.50. The third-order valence-electron chi connectivity index (χ3n) is 2.64. The lowest BCUT2D eigenvalue weighted by Gasteiger charge is -2.12. The number of halogens is 4. The summed E-state index contributed by atoms with van der Waals surface area (Å²) in [4.78, 5) is 12.0. The minimum atomic E-state index is -4.43. The van der Waals surface area contributed by atoms with E-state index in [-0.39, 0.29) is 5.69 Å². The second-order valence-corrected chi connectivity index (χ2v) is 6.93. The maximum absolute atomic E-state index is 12.7. The molecule has 1 aromatic heterocycles. The van der Waals surface area contributed by atoms with Crippen LogP contribution in [0.3, 0.4) is 0 Å². The molecule has 0 spiro atoms. The molecule has 0 atom stereocenters. The Balaban J connectivity index is 2.27. The van der Waals surface area contributed by atoms with Crippen LogP contribution in [0.15, 0.2) is 29.6 Å². The summed E-state index contributed by atoms with van der Waals surface area (Å²) in [5.41, 5.74) is 0.414. The van der Waals surface area contributed by atoms with Crippen molar-refractivity contribution >= 4 is 45.5 Å². The molecule has 2 rings (SSSR count). The van der Waals surface area contributed by atoms with E-state index in [4.69, 9.17) is 0 Å². The number of alkyl halides is 3. The minimum absolute atomic E-state index is 0.172. The predicted molar refractivity (Wildman–Crippen MR) is 81.2 cm³/mol. The monoisotopic (exact) mass is 411 g/mol. The quantitative estimate of drug-likeness (QED) is 0.698. The molecule has 106 valence electrons. The summed E-state index contributed by atoms with van der Waals surface area (Å²) in [6.07, 6.45) is -4.43. The van der Waals surface area contributed by atoms with Crippen molar-refractivity contribution in [2.75, 3.05) is 5.32 Å². The van der Waals surface area contributed by atoms with Crippen molar-refractivity contribution in [1.29, 1.82) is 0 Å². The van der Waals surface area contributed by atoms with Crippen molar-refractivity contribution in [2.45, 2.75) is 13.1 Å². The average molecular weight is 411 g/mol. The van der Waals surface area contributed by atoms with Crippen molar-refractivity contribution in [3.05, 3.63) is 49.2 Å². The Kier molecular flexibility index (Phi) is 4.38. The first-order chi connectivity index (χ1) is 9.27. The number of hydrogen-bond donors (Lipinski definition) is 1. The highest BCUT2D eigenvalue weighted by Crippen LogP contribution is 2.32. The zero-order valence-electron chi connectivity index (χ0n) is 10.2. The summed E-state index contributed by atoms with van der Waals surface area (Å²) in [6.45, 7) is 1.65. The zero-order chi connectivity index (χ0) is 14.9. The second kappa shape index (κ2) is 5.72. The van der Waals surface area contributed by atoms with Crippen LogP contribution in [0.25, 0.3) is 0 Å². The molecule has 0 aliphatic carbocycles. The molecule has 0 aliphatic rings. The Morgan fingerprint density at radius 1 is 1.30 bits per heavy atom. The van der Waals surface area contributed by atoms with Crippen LogP contribution in [-0.4, -0.2) is 5.91 Å². The van der Waals surface area contributed by atoms with Crippen LogP contribution >= 0.6 is 33.9 Å². The Morgan fingerprint density at radius 2 is 2.00 bits per heavy atom. The molecule has 0 saturated carbocycles. The van der Waals surface area contributed by atoms with Gasteiger partial charge in [-0.2, -0.15) is 13.2 Å². The number of aryl methyl sites for hydroxylation is 1. The smallest absolute Gasteiger partial charge is 0.322 e. The highest BCUT2D eigenvalue weighted by molar-refractivity contribution is 14.1. The fraction of sp³-hybridized carbons (Fsp3) is 0.154. The number of nitrogens with one attached hydrogen (secondary N) is 1. The van der Waals surface area contributed by atoms with E-state index in [2.05, 4.69) is 27.9 Å². The molecule has 0 saturated heterocycles. The van der Waals surface area contributed by atoms with Crippen LogP contribution in [0, 0.1) is 9.81 Å². The molecule has 0 fully saturated rings. The fourth-order valence-electron chi connectivity index (χ4n) is 1.56. The van der Waals surface area contributed by atoms with Gasteiger partial charge in [0.25, 0.3) is 5.91 Å². The number of benzene rings is 1. The van der Waals surface area contributed by atoms with Gasteiger partial charge >= 0.3 is 6.18 Å². The van der Waals surface area contributed by atoms with Gasteiger partial charge in [-0.15, -0.1) is 11.3 Å². The lowest BCUT2D eigenvalue weighted by molar-refractivity contribution is -0.137. The van der Waals surface area contributed by atoms with Crippen LogP contribution in [0.4, 0.5) is 18.9 Å². The van der Waals surface area contributed by atoms with Crippen molar-refractivity contribution in [2.24, 2.45) is 0 Å². The largest absolute Gasteiger partial charge is 0.416 e. The molecule has 2 nitrogen and oxygen atoms in total. The predicted octanol–water partition coefficient (Wildman–Crippen LogP) is 4.93. The molecule has 1 amide bonds. The highest BCUT2D eigenvalue weighted by Gasteiger charge is 2.31. The van der Waals surface area contributed by atoms with Crippen molar-refractivity contribution in [3.63, 3.8) is 0 Å². The number of rotatable bonds is 2. The fourth-order valence-corrected chi connectivity index (χ4v) is 2.88. The lowest BCUT2D eigenvalue weighted by atomic mass is 10.1. The van der Waals surface area contributed by atoms with E-state index in [0.717, 1.165) is 15.0 Å². The zero-order valence-corrected chi connectivity index (χ0v) is 13.2. The van der Waals surface area contributed by atoms with Gasteiger partial charge in [0.2, 0.25) is 0 Å². The van der Waals surface area contributed by atoms with Crippen LogP contribution in [0.2, 0.25) is 0 Å². The van der Waals surface area contributed by atoms with E-state index in [1.54, 1.807) is 18.4 Å². The number of thiophene rings is 1. The highest BCUT2D eigenvalue weighted by atomic mass is 127. The van der Waals surface area contributed by atoms with E-state index >= 15 is 0 Å². The molecule has 2 aromatic rings. The molecule has 1 N–H and O–H groups in total. The van der Waals surface area contributed by atoms with Gasteiger partial charge in [0.05, 0.1) is 14.0 Å². The van der Waals surface area contributed by atoms with Gasteiger partial charge in [-0.1, -0.05) is 6.07 Å². The Bertz CT molecular complexity index is 651. The van der Waals surface area contributed by atoms with Gasteiger partial charge in [-0.25, -0.2) is 0 Å². The Hall–Kier alpha value is -1.09. The first-order valence-corrected chi connectivity index (χ1v) is 7.46. The molecule has 0 bridgehead atoms. The third kappa shape index (κ3) is 3.51. The lowest BCUT2D eigenvalue weighted by Crippen LogP contribution is -2.13. The van der Waals surface area contributed by atoms with Gasteiger partial charge in [0, 0.05) is 11.1 Å². The van der Waals surface area contributed by atoms with Crippen molar-refractivity contribution < 1.29 is 18.0 Å². The molecule has 1 heterocycles. The standard InChI is InChI=1S/C13H9F3INOS/c1-7-2-3-9(13(14,15)16)5-10(7)18-12(19)8-4-11(17)20-6-8/h2-6H,1H3,(H,18,19). The molecular weight excluding hydrogens is 402 g/mol. The SMILES string of the molecule is Cc1ccc(C(F)(F)F)cc1NC(=O)c1csc(I)c1. The van der Waals surface area contributed by atoms with Gasteiger partial charge in [0.1, 0.15) is 0 Å². The normalized spacial score (nSPS) is 11.4. The molecule has 0 aliphatic heterocycles. The molecular formula is C13H9F3INOS. The average Bonchev–Trinajstić information content (AvgIpc) is 2.77. The molecule has 0 radical (unpaired) electrons. The van der Waals surface area contributed by atoms with Gasteiger partial charge in [-0.3, -0.25) is 4.79 Å². The van der Waals surface area contributed by atoms with E-state index in [9.17, 15) is 18.0 Å². The first kappa shape index (κ1) is 15.3. The number of anilines is 1. The molecule has 1 aromatic carbocycles. The number of hydrogen-bond acceptors (Lipinski definition) is 2. The van der Waals surface area contributed by atoms with Crippen molar-refractivity contribution in [3.8, 4) is 0 Å². The maximum Gasteiger partial charge on any atom is 0.416 e. The van der Waals surface area contributed by atoms with E-state index in [1.165, 1.54) is 17.4 Å². The topological polar surface area (TPSA) is 29.1 Å². The molecule has 7 heteroatoms. The van der Waals surface area contributed by atoms with E-state index < -0.39 is 17.6 Å². The Labute approximate surface area is 131 Å². The van der Waals surface area contributed by atoms with E-state index in [0.29, 0.717) is 11.1 Å². The summed E-state index contributed by atoms with van der Waals surface area (Å²) in [7, 11) is 0. The van der Waals surface area contributed by atoms with Gasteiger partial charge in [-0.05, 0) is 53.3 Å².